The Balaban J connectivity index is 3.01. The highest BCUT2D eigenvalue weighted by molar-refractivity contribution is 6.16. The molecule has 0 aliphatic carbocycles. The second kappa shape index (κ2) is 2.69. The minimum absolute atomic E-state index is 1.03. The van der Waals surface area contributed by atoms with Gasteiger partial charge < -0.3 is 4.98 Å². The molecule has 1 nitrogen and oxygen atoms in total. The fourth-order valence-corrected chi connectivity index (χ4v) is 1.41. The second-order valence-electron chi connectivity index (χ2n) is 2.06. The van der Waals surface area contributed by atoms with E-state index in [1.165, 1.54) is 11.3 Å². The van der Waals surface area contributed by atoms with Gasteiger partial charge in [0.25, 0.3) is 0 Å². The van der Waals surface area contributed by atoms with Crippen molar-refractivity contribution in [1.82, 2.24) is 0 Å². The number of para-hydroxylation sites is 1. The first-order chi connectivity index (χ1) is 4.34. The molecule has 1 rings (SSSR count). The molecule has 0 aliphatic heterocycles. The number of nitrogens with one attached hydrogen (secondary N) is 1. The lowest BCUT2D eigenvalue weighted by atomic mass is 10.2. The summed E-state index contributed by atoms with van der Waals surface area (Å²) in [6.45, 7) is 2.11. The minimum atomic E-state index is 1.03. The summed E-state index contributed by atoms with van der Waals surface area (Å²) < 4.78 is 0. The number of hydrogen-bond donors (Lipinski definition) is 1. The Morgan fingerprint density at radius 1 is 1.33 bits per heavy atom. The van der Waals surface area contributed by atoms with Crippen LogP contribution in [0.4, 0.5) is 5.69 Å². The SMILES string of the molecule is Cc1ccccc1N[SiH3]. The van der Waals surface area contributed by atoms with Crippen LogP contribution in [0.15, 0.2) is 24.3 Å². The third-order valence-electron chi connectivity index (χ3n) is 1.41. The first kappa shape index (κ1) is 6.36. The third-order valence-corrected chi connectivity index (χ3v) is 1.95. The molecule has 0 aliphatic rings. The average molecular weight is 137 g/mol. The zero-order chi connectivity index (χ0) is 6.69. The smallest absolute Gasteiger partial charge is 0.104 e. The highest BCUT2D eigenvalue weighted by atomic mass is 28.2. The normalized spacial score (nSPS) is 9.44. The maximum atomic E-state index is 3.23. The van der Waals surface area contributed by atoms with Crippen molar-refractivity contribution in [3.05, 3.63) is 29.8 Å². The number of rotatable bonds is 1. The van der Waals surface area contributed by atoms with Crippen LogP contribution in [0.1, 0.15) is 5.56 Å². The van der Waals surface area contributed by atoms with Crippen molar-refractivity contribution in [3.8, 4) is 0 Å². The molecule has 0 unspecified atom stereocenters. The molecule has 9 heavy (non-hydrogen) atoms. The molecule has 0 heterocycles. The summed E-state index contributed by atoms with van der Waals surface area (Å²) in [6.07, 6.45) is 0. The molecule has 0 spiro atoms. The van der Waals surface area contributed by atoms with E-state index >= 15 is 0 Å². The molecule has 0 saturated carbocycles. The van der Waals surface area contributed by atoms with E-state index in [-0.39, 0.29) is 0 Å². The van der Waals surface area contributed by atoms with Crippen LogP contribution in [0.3, 0.4) is 0 Å². The van der Waals surface area contributed by atoms with Crippen molar-refractivity contribution >= 4 is 16.1 Å². The van der Waals surface area contributed by atoms with Crippen LogP contribution >= 0.6 is 0 Å². The summed E-state index contributed by atoms with van der Waals surface area (Å²) in [6, 6.07) is 8.31. The van der Waals surface area contributed by atoms with E-state index in [2.05, 4.69) is 30.1 Å². The number of aryl methyl sites for hydroxylation is 1. The Bertz CT molecular complexity index is 198. The van der Waals surface area contributed by atoms with Crippen molar-refractivity contribution in [1.29, 1.82) is 0 Å². The molecule has 0 atom stereocenters. The van der Waals surface area contributed by atoms with E-state index < -0.39 is 0 Å². The lowest BCUT2D eigenvalue weighted by Crippen LogP contribution is -1.91. The van der Waals surface area contributed by atoms with Crippen LogP contribution < -0.4 is 4.98 Å². The first-order valence-corrected chi connectivity index (χ1v) is 4.08. The lowest BCUT2D eigenvalue weighted by molar-refractivity contribution is 1.47. The van der Waals surface area contributed by atoms with Gasteiger partial charge in [-0.2, -0.15) is 0 Å². The topological polar surface area (TPSA) is 12.0 Å². The summed E-state index contributed by atoms with van der Waals surface area (Å²) in [5.41, 5.74) is 2.59. The molecule has 1 aromatic rings. The van der Waals surface area contributed by atoms with Gasteiger partial charge in [-0.15, -0.1) is 0 Å². The van der Waals surface area contributed by atoms with Gasteiger partial charge in [0.1, 0.15) is 10.4 Å². The summed E-state index contributed by atoms with van der Waals surface area (Å²) in [5.74, 6) is 0. The monoisotopic (exact) mass is 137 g/mol. The van der Waals surface area contributed by atoms with Crippen LogP contribution in [0.25, 0.3) is 0 Å². The highest BCUT2D eigenvalue weighted by Gasteiger charge is 1.88. The summed E-state index contributed by atoms with van der Waals surface area (Å²) in [5, 5.41) is 0. The maximum Gasteiger partial charge on any atom is 0.104 e. The number of anilines is 1. The van der Waals surface area contributed by atoms with Crippen LogP contribution in [-0.2, 0) is 0 Å². The Hall–Kier alpha value is -0.763. The van der Waals surface area contributed by atoms with E-state index in [9.17, 15) is 0 Å². The van der Waals surface area contributed by atoms with E-state index in [1.54, 1.807) is 0 Å². The maximum absolute atomic E-state index is 3.23. The standard InChI is InChI=1S/C7H11NSi/c1-6-4-2-3-5-7(6)8-9/h2-5,8H,1,9H3. The molecule has 0 bridgehead atoms. The predicted octanol–water partition coefficient (Wildman–Crippen LogP) is 0.687. The Kier molecular flexibility index (Phi) is 1.90. The van der Waals surface area contributed by atoms with Crippen molar-refractivity contribution in [2.45, 2.75) is 6.92 Å². The molecule has 0 saturated heterocycles. The molecule has 0 amide bonds. The van der Waals surface area contributed by atoms with Crippen molar-refractivity contribution < 1.29 is 0 Å². The molecule has 0 aromatic heterocycles. The van der Waals surface area contributed by atoms with Gasteiger partial charge in [-0.3, -0.25) is 0 Å². The fourth-order valence-electron chi connectivity index (χ4n) is 0.853. The summed E-state index contributed by atoms with van der Waals surface area (Å²) in [4.78, 5) is 3.23. The van der Waals surface area contributed by atoms with E-state index in [0.717, 1.165) is 10.4 Å². The molecular formula is C7H11NSi. The van der Waals surface area contributed by atoms with Crippen LogP contribution in [0.5, 0.6) is 0 Å². The Labute approximate surface area is 58.6 Å². The zero-order valence-electron chi connectivity index (χ0n) is 5.81. The molecule has 1 aromatic carbocycles. The Morgan fingerprint density at radius 3 is 2.44 bits per heavy atom. The Morgan fingerprint density at radius 2 is 2.00 bits per heavy atom. The van der Waals surface area contributed by atoms with E-state index in [0.29, 0.717) is 0 Å². The van der Waals surface area contributed by atoms with Gasteiger partial charge in [0.2, 0.25) is 0 Å². The van der Waals surface area contributed by atoms with E-state index in [4.69, 9.17) is 0 Å². The third kappa shape index (κ3) is 1.33. The zero-order valence-corrected chi connectivity index (χ0v) is 7.81. The van der Waals surface area contributed by atoms with Gasteiger partial charge in [-0.1, -0.05) is 18.2 Å². The second-order valence-corrected chi connectivity index (χ2v) is 2.56. The molecule has 48 valence electrons. The minimum Gasteiger partial charge on any atom is -0.419 e. The van der Waals surface area contributed by atoms with Gasteiger partial charge in [-0.05, 0) is 18.6 Å². The van der Waals surface area contributed by atoms with Crippen molar-refractivity contribution in [3.63, 3.8) is 0 Å². The van der Waals surface area contributed by atoms with Gasteiger partial charge in [0, 0.05) is 5.69 Å². The predicted molar refractivity (Wildman–Crippen MR) is 44.7 cm³/mol. The van der Waals surface area contributed by atoms with Gasteiger partial charge >= 0.3 is 0 Å². The highest BCUT2D eigenvalue weighted by Crippen LogP contribution is 2.10. The lowest BCUT2D eigenvalue weighted by Gasteiger charge is -2.01. The number of hydrogen-bond acceptors (Lipinski definition) is 1. The van der Waals surface area contributed by atoms with Gasteiger partial charge in [-0.25, -0.2) is 0 Å². The van der Waals surface area contributed by atoms with Crippen molar-refractivity contribution in [2.24, 2.45) is 0 Å². The molecule has 1 N–H and O–H groups in total. The summed E-state index contributed by atoms with van der Waals surface area (Å²) >= 11 is 0. The number of benzene rings is 1. The fraction of sp³-hybridized carbons (Fsp3) is 0.143. The summed E-state index contributed by atoms with van der Waals surface area (Å²) in [7, 11) is 1.03. The average Bonchev–Trinajstić information content (AvgIpc) is 1.89. The van der Waals surface area contributed by atoms with Crippen LogP contribution in [0, 0.1) is 6.92 Å². The molecule has 0 fully saturated rings. The van der Waals surface area contributed by atoms with E-state index in [1.807, 2.05) is 6.07 Å². The van der Waals surface area contributed by atoms with Gasteiger partial charge in [0.15, 0.2) is 0 Å². The van der Waals surface area contributed by atoms with Crippen molar-refractivity contribution in [2.75, 3.05) is 4.98 Å². The van der Waals surface area contributed by atoms with Crippen LogP contribution in [0.2, 0.25) is 0 Å². The van der Waals surface area contributed by atoms with Gasteiger partial charge in [0.05, 0.1) is 0 Å². The molecular weight excluding hydrogens is 126 g/mol. The largest absolute Gasteiger partial charge is 0.419 e. The van der Waals surface area contributed by atoms with Crippen LogP contribution in [-0.4, -0.2) is 10.4 Å². The molecule has 2 heteroatoms. The first-order valence-electron chi connectivity index (χ1n) is 3.08. The molecule has 0 radical (unpaired) electrons. The quantitative estimate of drug-likeness (QED) is 0.561.